The van der Waals surface area contributed by atoms with Crippen molar-refractivity contribution in [2.24, 2.45) is 0 Å². The minimum Gasteiger partial charge on any atom is -0.481 e. The second kappa shape index (κ2) is 16.4. The molecule has 14 nitrogen and oxygen atoms in total. The Kier molecular flexibility index (Phi) is 11.6. The van der Waals surface area contributed by atoms with Crippen molar-refractivity contribution < 1.29 is 33.8 Å². The summed E-state index contributed by atoms with van der Waals surface area (Å²) in [6.45, 7) is 5.26. The minimum atomic E-state index is -1.17. The third-order valence-corrected chi connectivity index (χ3v) is 8.49. The van der Waals surface area contributed by atoms with Gasteiger partial charge in [-0.25, -0.2) is 14.6 Å². The molecule has 0 aliphatic carbocycles. The molecule has 0 spiro atoms. The van der Waals surface area contributed by atoms with Gasteiger partial charge in [-0.15, -0.1) is 6.58 Å². The zero-order valence-corrected chi connectivity index (χ0v) is 28.4. The predicted molar refractivity (Wildman–Crippen MR) is 191 cm³/mol. The highest BCUT2D eigenvalue weighted by molar-refractivity contribution is 6.04. The quantitative estimate of drug-likeness (QED) is 0.0857. The average molecular weight is 707 g/mol. The van der Waals surface area contributed by atoms with E-state index in [1.165, 1.54) is 12.3 Å². The maximum atomic E-state index is 14.1. The maximum Gasteiger partial charge on any atom is 0.415 e. The minimum absolute atomic E-state index is 0.0289. The molecule has 0 fully saturated rings. The monoisotopic (exact) mass is 706 g/mol. The van der Waals surface area contributed by atoms with Crippen LogP contribution < -0.4 is 21.1 Å². The molecule has 0 saturated heterocycles. The fraction of sp³-hybridized carbons (Fsp3) is 0.237. The Morgan fingerprint density at radius 1 is 0.981 bits per heavy atom. The first kappa shape index (κ1) is 36.7. The van der Waals surface area contributed by atoms with Crippen LogP contribution in [0.4, 0.5) is 15.3 Å². The highest BCUT2D eigenvalue weighted by Crippen LogP contribution is 2.42. The molecule has 1 aliphatic heterocycles. The first-order valence-electron chi connectivity index (χ1n) is 16.4. The van der Waals surface area contributed by atoms with Crippen molar-refractivity contribution in [2.45, 2.75) is 51.0 Å². The van der Waals surface area contributed by atoms with Crippen molar-refractivity contribution in [1.82, 2.24) is 20.2 Å². The Bertz CT molecular complexity index is 2020. The van der Waals surface area contributed by atoms with Gasteiger partial charge in [0.15, 0.2) is 0 Å². The Labute approximate surface area is 299 Å². The summed E-state index contributed by atoms with van der Waals surface area (Å²) in [7, 11) is 0. The first-order chi connectivity index (χ1) is 25.0. The number of nitrogens with zero attached hydrogens (tertiary/aromatic N) is 3. The van der Waals surface area contributed by atoms with Crippen LogP contribution in [0, 0.1) is 5.41 Å². The lowest BCUT2D eigenvalue weighted by Crippen LogP contribution is -2.41. The molecule has 14 heteroatoms. The van der Waals surface area contributed by atoms with E-state index < -0.39 is 41.1 Å². The highest BCUT2D eigenvalue weighted by Gasteiger charge is 2.47. The van der Waals surface area contributed by atoms with Gasteiger partial charge in [0.2, 0.25) is 5.91 Å². The summed E-state index contributed by atoms with van der Waals surface area (Å²) in [5.74, 6) is -1.75. The number of aliphatic carboxylic acids is 1. The molecule has 2 heterocycles. The van der Waals surface area contributed by atoms with E-state index in [1.54, 1.807) is 55.5 Å². The molecule has 0 unspecified atom stereocenters. The number of aromatic nitrogens is 2. The number of carbonyl (C=O) groups excluding carboxylic acids is 3. The number of fused-ring (bicyclic) bond motifs is 1. The van der Waals surface area contributed by atoms with E-state index in [9.17, 15) is 29.1 Å². The van der Waals surface area contributed by atoms with Crippen LogP contribution >= 0.6 is 0 Å². The van der Waals surface area contributed by atoms with Crippen LogP contribution in [-0.2, 0) is 44.2 Å². The van der Waals surface area contributed by atoms with Gasteiger partial charge in [0.25, 0.3) is 5.56 Å². The van der Waals surface area contributed by atoms with Gasteiger partial charge in [-0.2, -0.15) is 0 Å². The molecule has 52 heavy (non-hydrogen) atoms. The number of amides is 3. The van der Waals surface area contributed by atoms with Crippen molar-refractivity contribution in [2.75, 3.05) is 11.4 Å². The zero-order valence-electron chi connectivity index (χ0n) is 28.4. The van der Waals surface area contributed by atoms with Gasteiger partial charge in [0.05, 0.1) is 12.6 Å². The Balaban J connectivity index is 1.28. The van der Waals surface area contributed by atoms with E-state index in [4.69, 9.17) is 14.9 Å². The smallest absolute Gasteiger partial charge is 0.415 e. The number of amidine groups is 1. The van der Waals surface area contributed by atoms with Crippen LogP contribution in [-0.4, -0.2) is 51.1 Å². The number of hydrogen-bond donors (Lipinski definition) is 4. The van der Waals surface area contributed by atoms with Gasteiger partial charge in [0, 0.05) is 24.1 Å². The van der Waals surface area contributed by atoms with E-state index in [0.717, 1.165) is 20.6 Å². The summed E-state index contributed by atoms with van der Waals surface area (Å²) in [5, 5.41) is 23.1. The lowest BCUT2D eigenvalue weighted by Gasteiger charge is -2.23. The number of carboxylic acid groups (broad SMARTS) is 1. The summed E-state index contributed by atoms with van der Waals surface area (Å²) in [5.41, 5.74) is 0.560. The molecule has 1 aromatic heterocycles. The molecular formula is C38H38N6O8. The number of carboxylic acids is 1. The normalized spacial score (nSPS) is 15.8. The fourth-order valence-electron chi connectivity index (χ4n) is 5.91. The van der Waals surface area contributed by atoms with Gasteiger partial charge in [-0.3, -0.25) is 34.6 Å². The SMILES string of the molecule is C=CCN(C(=O)OCc1ccccc1)c1cnc2n(c1=O)[C@@H](C(=O)NCc1ccc(C(=N)NC(=O)OCc3ccccc3)cc1)C[C@]2(C)CC(=O)O. The Hall–Kier alpha value is -6.57. The fourth-order valence-corrected chi connectivity index (χ4v) is 5.91. The molecule has 3 aromatic carbocycles. The number of carbonyl (C=O) groups is 4. The maximum absolute atomic E-state index is 14.1. The van der Waals surface area contributed by atoms with Crippen molar-refractivity contribution in [3.05, 3.63) is 142 Å². The topological polar surface area (TPSA) is 193 Å². The zero-order chi connectivity index (χ0) is 37.3. The van der Waals surface area contributed by atoms with Crippen molar-refractivity contribution in [3.8, 4) is 0 Å². The van der Waals surface area contributed by atoms with Crippen LogP contribution in [0.25, 0.3) is 0 Å². The number of ether oxygens (including phenoxy) is 2. The molecule has 4 N–H and O–H groups in total. The lowest BCUT2D eigenvalue weighted by atomic mass is 9.83. The molecule has 2 atom stereocenters. The predicted octanol–water partition coefficient (Wildman–Crippen LogP) is 4.82. The first-order valence-corrected chi connectivity index (χ1v) is 16.4. The van der Waals surface area contributed by atoms with E-state index in [0.29, 0.717) is 11.1 Å². The Morgan fingerprint density at radius 3 is 2.19 bits per heavy atom. The number of hydrogen-bond acceptors (Lipinski definition) is 9. The van der Waals surface area contributed by atoms with Gasteiger partial charge in [0.1, 0.15) is 36.6 Å². The van der Waals surface area contributed by atoms with Gasteiger partial charge in [-0.05, 0) is 23.1 Å². The molecule has 4 aromatic rings. The number of benzene rings is 3. The van der Waals surface area contributed by atoms with Crippen LogP contribution in [0.2, 0.25) is 0 Å². The summed E-state index contributed by atoms with van der Waals surface area (Å²) in [6, 6.07) is 23.5. The summed E-state index contributed by atoms with van der Waals surface area (Å²) < 4.78 is 11.8. The number of rotatable bonds is 13. The van der Waals surface area contributed by atoms with Crippen molar-refractivity contribution >= 4 is 35.6 Å². The third kappa shape index (κ3) is 8.77. The molecule has 0 radical (unpaired) electrons. The second-order valence-electron chi connectivity index (χ2n) is 12.4. The van der Waals surface area contributed by atoms with Crippen molar-refractivity contribution in [1.29, 1.82) is 5.41 Å². The summed E-state index contributed by atoms with van der Waals surface area (Å²) in [4.78, 5) is 70.5. The molecule has 3 amide bonds. The number of alkyl carbamates (subject to hydrolysis) is 1. The van der Waals surface area contributed by atoms with Gasteiger partial charge in [-0.1, -0.05) is 97.9 Å². The van der Waals surface area contributed by atoms with E-state index >= 15 is 0 Å². The van der Waals surface area contributed by atoms with E-state index in [-0.39, 0.29) is 56.5 Å². The van der Waals surface area contributed by atoms with E-state index in [2.05, 4.69) is 22.2 Å². The highest BCUT2D eigenvalue weighted by atomic mass is 16.6. The van der Waals surface area contributed by atoms with Crippen molar-refractivity contribution in [3.63, 3.8) is 0 Å². The van der Waals surface area contributed by atoms with Crippen LogP contribution in [0.1, 0.15) is 53.9 Å². The lowest BCUT2D eigenvalue weighted by molar-refractivity contribution is -0.138. The molecule has 0 saturated carbocycles. The van der Waals surface area contributed by atoms with Gasteiger partial charge < -0.3 is 19.9 Å². The largest absolute Gasteiger partial charge is 0.481 e. The summed E-state index contributed by atoms with van der Waals surface area (Å²) >= 11 is 0. The van der Waals surface area contributed by atoms with Crippen LogP contribution in [0.3, 0.4) is 0 Å². The number of anilines is 1. The molecule has 5 rings (SSSR count). The Morgan fingerprint density at radius 2 is 1.60 bits per heavy atom. The average Bonchev–Trinajstić information content (AvgIpc) is 3.44. The van der Waals surface area contributed by atoms with Crippen LogP contribution in [0.15, 0.2) is 109 Å². The van der Waals surface area contributed by atoms with Crippen LogP contribution in [0.5, 0.6) is 0 Å². The molecule has 1 aliphatic rings. The summed E-state index contributed by atoms with van der Waals surface area (Å²) in [6.07, 6.45) is 0.588. The number of nitrogens with one attached hydrogen (secondary N) is 3. The van der Waals surface area contributed by atoms with Gasteiger partial charge >= 0.3 is 18.2 Å². The third-order valence-electron chi connectivity index (χ3n) is 8.49. The standard InChI is InChI=1S/C38H38N6O8/c1-3-18-43(37(50)52-24-27-12-8-5-9-13-27)30-22-41-35-38(2,20-31(45)46)19-29(44(35)34(30)48)33(47)40-21-25-14-16-28(17-15-25)32(39)42-36(49)51-23-26-10-6-4-7-11-26/h3-17,22,29H,1,18-21,23-24H2,2H3,(H,40,47)(H,45,46)(H2,39,42,49)/t29-,38-/m1/s1. The molecular weight excluding hydrogens is 668 g/mol. The molecule has 0 bridgehead atoms. The molecule has 268 valence electrons. The second-order valence-corrected chi connectivity index (χ2v) is 12.4. The van der Waals surface area contributed by atoms with E-state index in [1.807, 2.05) is 36.4 Å².